The Kier molecular flexibility index (Phi) is 6.09. The van der Waals surface area contributed by atoms with Crippen LogP contribution in [0.5, 0.6) is 17.2 Å². The summed E-state index contributed by atoms with van der Waals surface area (Å²) < 4.78 is 5.60. The Morgan fingerprint density at radius 2 is 1.26 bits per heavy atom. The third-order valence-electron chi connectivity index (χ3n) is 6.83. The molecule has 4 aromatic carbocycles. The largest absolute Gasteiger partial charge is 0.507 e. The average Bonchev–Trinajstić information content (AvgIpc) is 2.79. The molecular weight excluding hydrogens is 432 g/mol. The molecule has 0 aromatic heterocycles. The molecule has 3 nitrogen and oxygen atoms in total. The second-order valence-corrected chi connectivity index (χ2v) is 11.5. The quantitative estimate of drug-likeness (QED) is 0.317. The Bertz CT molecular complexity index is 1380. The highest BCUT2D eigenvalue weighted by atomic mass is 16.5. The van der Waals surface area contributed by atoms with Crippen LogP contribution in [-0.2, 0) is 10.8 Å². The van der Waals surface area contributed by atoms with Crippen LogP contribution in [0.1, 0.15) is 58.2 Å². The number of hydrogen-bond acceptors (Lipinski definition) is 3. The molecule has 0 fully saturated rings. The predicted octanol–water partition coefficient (Wildman–Crippen LogP) is 8.50. The molecule has 0 saturated carbocycles. The van der Waals surface area contributed by atoms with Crippen LogP contribution in [-0.4, -0.2) is 17.3 Å². The maximum absolute atomic E-state index is 11.3. The average molecular weight is 469 g/mol. The van der Waals surface area contributed by atoms with Crippen molar-refractivity contribution in [3.8, 4) is 39.5 Å². The molecule has 35 heavy (non-hydrogen) atoms. The molecule has 4 rings (SSSR count). The van der Waals surface area contributed by atoms with Crippen molar-refractivity contribution < 1.29 is 14.9 Å². The van der Waals surface area contributed by atoms with Gasteiger partial charge in [-0.1, -0.05) is 65.8 Å². The lowest BCUT2D eigenvalue weighted by atomic mass is 9.77. The summed E-state index contributed by atoms with van der Waals surface area (Å²) >= 11 is 0. The summed E-state index contributed by atoms with van der Waals surface area (Å²) in [6, 6.07) is 20.3. The van der Waals surface area contributed by atoms with E-state index in [1.807, 2.05) is 43.3 Å². The summed E-state index contributed by atoms with van der Waals surface area (Å²) in [5, 5.41) is 24.7. The second-order valence-electron chi connectivity index (χ2n) is 11.5. The number of benzene rings is 4. The summed E-state index contributed by atoms with van der Waals surface area (Å²) in [6.07, 6.45) is 0. The van der Waals surface area contributed by atoms with Gasteiger partial charge in [-0.15, -0.1) is 0 Å². The van der Waals surface area contributed by atoms with E-state index in [9.17, 15) is 10.2 Å². The SMILES string of the molecule is COc1ccc(-c2cc3ccccc3c(C)c2O)c(-c2cc(C(C)(C)C)c(O)c(C(C)(C)C)c2)c1. The monoisotopic (exact) mass is 468 g/mol. The van der Waals surface area contributed by atoms with Crippen molar-refractivity contribution in [3.63, 3.8) is 0 Å². The van der Waals surface area contributed by atoms with E-state index < -0.39 is 0 Å². The first kappa shape index (κ1) is 24.7. The van der Waals surface area contributed by atoms with Crippen molar-refractivity contribution in [2.24, 2.45) is 0 Å². The zero-order valence-electron chi connectivity index (χ0n) is 22.1. The Morgan fingerprint density at radius 1 is 0.657 bits per heavy atom. The van der Waals surface area contributed by atoms with Crippen LogP contribution in [0.15, 0.2) is 60.7 Å². The van der Waals surface area contributed by atoms with Crippen molar-refractivity contribution >= 4 is 10.8 Å². The van der Waals surface area contributed by atoms with E-state index in [0.29, 0.717) is 5.75 Å². The second kappa shape index (κ2) is 8.64. The number of aryl methyl sites for hydroxylation is 1. The molecule has 0 spiro atoms. The van der Waals surface area contributed by atoms with Gasteiger partial charge < -0.3 is 14.9 Å². The van der Waals surface area contributed by atoms with Gasteiger partial charge in [0.05, 0.1) is 7.11 Å². The molecule has 0 unspecified atom stereocenters. The fourth-order valence-corrected chi connectivity index (χ4v) is 4.78. The molecule has 2 N–H and O–H groups in total. The van der Waals surface area contributed by atoms with Crippen molar-refractivity contribution in [1.82, 2.24) is 0 Å². The van der Waals surface area contributed by atoms with Gasteiger partial charge in [0, 0.05) is 16.7 Å². The number of phenolic OH excluding ortho intramolecular Hbond substituents is 2. The lowest BCUT2D eigenvalue weighted by Crippen LogP contribution is -2.17. The fraction of sp³-hybridized carbons (Fsp3) is 0.312. The highest BCUT2D eigenvalue weighted by Crippen LogP contribution is 2.46. The first-order chi connectivity index (χ1) is 16.3. The van der Waals surface area contributed by atoms with Crippen molar-refractivity contribution in [1.29, 1.82) is 0 Å². The maximum Gasteiger partial charge on any atom is 0.126 e. The molecule has 0 aliphatic rings. The molecule has 0 heterocycles. The molecule has 0 bridgehead atoms. The summed E-state index contributed by atoms with van der Waals surface area (Å²) in [5.74, 6) is 1.37. The maximum atomic E-state index is 11.3. The molecule has 0 atom stereocenters. The molecule has 0 saturated heterocycles. The minimum Gasteiger partial charge on any atom is -0.507 e. The van der Waals surface area contributed by atoms with Crippen molar-refractivity contribution in [2.45, 2.75) is 59.3 Å². The van der Waals surface area contributed by atoms with Crippen LogP contribution in [0.2, 0.25) is 0 Å². The van der Waals surface area contributed by atoms with Crippen LogP contribution < -0.4 is 4.74 Å². The Morgan fingerprint density at radius 3 is 1.83 bits per heavy atom. The molecule has 0 aliphatic carbocycles. The van der Waals surface area contributed by atoms with Gasteiger partial charge in [0.2, 0.25) is 0 Å². The first-order valence-corrected chi connectivity index (χ1v) is 12.1. The van der Waals surface area contributed by atoms with Crippen LogP contribution in [0.25, 0.3) is 33.0 Å². The molecule has 0 aliphatic heterocycles. The summed E-state index contributed by atoms with van der Waals surface area (Å²) in [7, 11) is 1.66. The number of rotatable bonds is 3. The summed E-state index contributed by atoms with van der Waals surface area (Å²) in [6.45, 7) is 14.6. The Hall–Kier alpha value is -3.46. The normalized spacial score (nSPS) is 12.2. The van der Waals surface area contributed by atoms with E-state index in [1.165, 1.54) is 0 Å². The number of fused-ring (bicyclic) bond motifs is 1. The number of aromatic hydroxyl groups is 2. The number of hydrogen-bond donors (Lipinski definition) is 2. The highest BCUT2D eigenvalue weighted by molar-refractivity contribution is 5.97. The van der Waals surface area contributed by atoms with E-state index in [0.717, 1.165) is 55.5 Å². The zero-order valence-corrected chi connectivity index (χ0v) is 22.1. The molecule has 4 aromatic rings. The highest BCUT2D eigenvalue weighted by Gasteiger charge is 2.28. The Balaban J connectivity index is 2.09. The molecular formula is C32H36O3. The van der Waals surface area contributed by atoms with Gasteiger partial charge in [0.1, 0.15) is 17.2 Å². The summed E-state index contributed by atoms with van der Waals surface area (Å²) in [5.41, 5.74) is 5.78. The molecule has 0 amide bonds. The van der Waals surface area contributed by atoms with E-state index in [4.69, 9.17) is 4.74 Å². The molecule has 0 radical (unpaired) electrons. The number of ether oxygens (including phenoxy) is 1. The van der Waals surface area contributed by atoms with Crippen LogP contribution >= 0.6 is 0 Å². The lowest BCUT2D eigenvalue weighted by molar-refractivity contribution is 0.415. The minimum atomic E-state index is -0.249. The number of methoxy groups -OCH3 is 1. The summed E-state index contributed by atoms with van der Waals surface area (Å²) in [4.78, 5) is 0. The third kappa shape index (κ3) is 4.48. The van der Waals surface area contributed by atoms with Crippen LogP contribution in [0.4, 0.5) is 0 Å². The lowest BCUT2D eigenvalue weighted by Gasteiger charge is -2.29. The smallest absolute Gasteiger partial charge is 0.126 e. The van der Waals surface area contributed by atoms with Gasteiger partial charge in [-0.25, -0.2) is 0 Å². The van der Waals surface area contributed by atoms with Gasteiger partial charge >= 0.3 is 0 Å². The Labute approximate surface area is 209 Å². The van der Waals surface area contributed by atoms with E-state index in [-0.39, 0.29) is 16.6 Å². The zero-order chi connectivity index (χ0) is 25.7. The fourth-order valence-electron chi connectivity index (χ4n) is 4.78. The topological polar surface area (TPSA) is 49.7 Å². The third-order valence-corrected chi connectivity index (χ3v) is 6.83. The van der Waals surface area contributed by atoms with Crippen LogP contribution in [0, 0.1) is 6.92 Å². The molecule has 3 heteroatoms. The standard InChI is InChI=1S/C32H36O3/c1-19-23-12-10-9-11-20(23)15-26(29(19)33)24-14-13-22(35-8)18-25(24)21-16-27(31(2,3)4)30(34)28(17-21)32(5,6)7/h9-18,33-34H,1-8H3. The van der Waals surface area contributed by atoms with Gasteiger partial charge in [-0.2, -0.15) is 0 Å². The first-order valence-electron chi connectivity index (χ1n) is 12.1. The molecule has 182 valence electrons. The van der Waals surface area contributed by atoms with E-state index >= 15 is 0 Å². The van der Waals surface area contributed by atoms with Gasteiger partial charge in [-0.05, 0) is 87.2 Å². The van der Waals surface area contributed by atoms with E-state index in [2.05, 4.69) is 65.8 Å². The van der Waals surface area contributed by atoms with E-state index in [1.54, 1.807) is 7.11 Å². The van der Waals surface area contributed by atoms with Gasteiger partial charge in [0.15, 0.2) is 0 Å². The minimum absolute atomic E-state index is 0.249. The van der Waals surface area contributed by atoms with Crippen molar-refractivity contribution in [3.05, 3.63) is 77.4 Å². The van der Waals surface area contributed by atoms with Gasteiger partial charge in [-0.3, -0.25) is 0 Å². The predicted molar refractivity (Wildman–Crippen MR) is 147 cm³/mol. The van der Waals surface area contributed by atoms with Gasteiger partial charge in [0.25, 0.3) is 0 Å². The number of phenols is 2. The van der Waals surface area contributed by atoms with Crippen molar-refractivity contribution in [2.75, 3.05) is 7.11 Å². The van der Waals surface area contributed by atoms with Crippen LogP contribution in [0.3, 0.4) is 0 Å².